The van der Waals surface area contributed by atoms with Gasteiger partial charge in [0.2, 0.25) is 10.0 Å². The van der Waals surface area contributed by atoms with Crippen LogP contribution >= 0.6 is 0 Å². The predicted molar refractivity (Wildman–Crippen MR) is 71.3 cm³/mol. The lowest BCUT2D eigenvalue weighted by Crippen LogP contribution is -2.39. The molecule has 1 N–H and O–H groups in total. The monoisotopic (exact) mass is 285 g/mol. The van der Waals surface area contributed by atoms with E-state index in [4.69, 9.17) is 4.42 Å². The average molecular weight is 285 g/mol. The fraction of sp³-hybridized carbons (Fsp3) is 0.615. The molecule has 0 unspecified atom stereocenters. The van der Waals surface area contributed by atoms with Gasteiger partial charge in [-0.05, 0) is 18.9 Å². The maximum Gasteiger partial charge on any atom is 0.268 e. The summed E-state index contributed by atoms with van der Waals surface area (Å²) in [4.78, 5) is 12.0. The van der Waals surface area contributed by atoms with Gasteiger partial charge < -0.3 is 4.42 Å². The maximum absolute atomic E-state index is 12.1. The van der Waals surface area contributed by atoms with E-state index in [0.29, 0.717) is 30.6 Å². The van der Waals surface area contributed by atoms with Gasteiger partial charge in [0, 0.05) is 6.42 Å². The first-order valence-electron chi connectivity index (χ1n) is 6.67. The first-order valence-corrected chi connectivity index (χ1v) is 8.21. The molecule has 0 saturated heterocycles. The van der Waals surface area contributed by atoms with Crippen molar-refractivity contribution in [1.82, 2.24) is 4.72 Å². The van der Waals surface area contributed by atoms with Gasteiger partial charge in [-0.25, -0.2) is 13.1 Å². The van der Waals surface area contributed by atoms with Crippen LogP contribution in [0.15, 0.2) is 16.7 Å². The van der Waals surface area contributed by atoms with Crippen molar-refractivity contribution in [1.29, 1.82) is 0 Å². The van der Waals surface area contributed by atoms with Crippen LogP contribution in [-0.4, -0.2) is 19.6 Å². The number of aryl methyl sites for hydroxylation is 1. The highest BCUT2D eigenvalue weighted by Gasteiger charge is 2.29. The van der Waals surface area contributed by atoms with Gasteiger partial charge in [0.1, 0.15) is 5.76 Å². The molecule has 0 aliphatic heterocycles. The summed E-state index contributed by atoms with van der Waals surface area (Å²) in [7, 11) is -3.57. The molecule has 1 fully saturated rings. The third kappa shape index (κ3) is 3.18. The van der Waals surface area contributed by atoms with Crippen molar-refractivity contribution in [2.24, 2.45) is 0 Å². The van der Waals surface area contributed by atoms with Gasteiger partial charge in [-0.1, -0.05) is 26.2 Å². The van der Waals surface area contributed by atoms with E-state index in [9.17, 15) is 13.2 Å². The van der Waals surface area contributed by atoms with Crippen molar-refractivity contribution in [2.75, 3.05) is 0 Å². The molecule has 1 heterocycles. The molecule has 0 atom stereocenters. The number of rotatable bonds is 4. The Morgan fingerprint density at radius 3 is 2.68 bits per heavy atom. The second-order valence-corrected chi connectivity index (χ2v) is 6.81. The standard InChI is InChI=1S/C13H19NO4S/c1-2-12-11(8-9-18-12)13(15)14-19(16,17)10-6-4-3-5-7-10/h8-10H,2-7H2,1H3,(H,14,15). The summed E-state index contributed by atoms with van der Waals surface area (Å²) < 4.78 is 31.6. The van der Waals surface area contributed by atoms with Gasteiger partial charge in [-0.2, -0.15) is 0 Å². The largest absolute Gasteiger partial charge is 0.469 e. The normalized spacial score (nSPS) is 17.3. The second-order valence-electron chi connectivity index (χ2n) is 4.85. The highest BCUT2D eigenvalue weighted by atomic mass is 32.2. The van der Waals surface area contributed by atoms with Gasteiger partial charge >= 0.3 is 0 Å². The summed E-state index contributed by atoms with van der Waals surface area (Å²) >= 11 is 0. The minimum atomic E-state index is -3.57. The van der Waals surface area contributed by atoms with E-state index in [1.807, 2.05) is 6.92 Å². The zero-order chi connectivity index (χ0) is 13.9. The summed E-state index contributed by atoms with van der Waals surface area (Å²) in [6.07, 6.45) is 6.11. The lowest BCUT2D eigenvalue weighted by molar-refractivity contribution is 0.0979. The van der Waals surface area contributed by atoms with E-state index in [1.165, 1.54) is 12.3 Å². The number of hydrogen-bond acceptors (Lipinski definition) is 4. The molecular weight excluding hydrogens is 266 g/mol. The fourth-order valence-electron chi connectivity index (χ4n) is 2.46. The molecule has 2 rings (SSSR count). The smallest absolute Gasteiger partial charge is 0.268 e. The van der Waals surface area contributed by atoms with Gasteiger partial charge in [0.05, 0.1) is 17.1 Å². The molecule has 19 heavy (non-hydrogen) atoms. The van der Waals surface area contributed by atoms with E-state index in [0.717, 1.165) is 19.3 Å². The number of furan rings is 1. The Morgan fingerprint density at radius 2 is 2.05 bits per heavy atom. The van der Waals surface area contributed by atoms with Gasteiger partial charge in [-0.3, -0.25) is 4.79 Å². The van der Waals surface area contributed by atoms with Crippen LogP contribution in [0.5, 0.6) is 0 Å². The zero-order valence-electron chi connectivity index (χ0n) is 11.0. The lowest BCUT2D eigenvalue weighted by Gasteiger charge is -2.21. The SMILES string of the molecule is CCc1occc1C(=O)NS(=O)(=O)C1CCCCC1. The molecule has 1 aromatic rings. The van der Waals surface area contributed by atoms with Crippen LogP contribution in [0.4, 0.5) is 0 Å². The second kappa shape index (κ2) is 5.77. The third-order valence-corrected chi connectivity index (χ3v) is 5.36. The van der Waals surface area contributed by atoms with E-state index in [1.54, 1.807) is 0 Å². The van der Waals surface area contributed by atoms with Crippen molar-refractivity contribution in [2.45, 2.75) is 50.7 Å². The summed E-state index contributed by atoms with van der Waals surface area (Å²) in [6, 6.07) is 1.50. The minimum Gasteiger partial charge on any atom is -0.469 e. The highest BCUT2D eigenvalue weighted by molar-refractivity contribution is 7.90. The summed E-state index contributed by atoms with van der Waals surface area (Å²) in [5.74, 6) is -0.0764. The van der Waals surface area contributed by atoms with Crippen molar-refractivity contribution in [3.63, 3.8) is 0 Å². The number of amides is 1. The molecule has 1 aliphatic rings. The molecule has 106 valence electrons. The molecule has 1 saturated carbocycles. The molecule has 0 spiro atoms. The average Bonchev–Trinajstić information content (AvgIpc) is 2.87. The van der Waals surface area contributed by atoms with Crippen LogP contribution in [0.25, 0.3) is 0 Å². The molecule has 1 amide bonds. The molecule has 1 aromatic heterocycles. The molecule has 0 radical (unpaired) electrons. The molecule has 0 bridgehead atoms. The van der Waals surface area contributed by atoms with E-state index < -0.39 is 21.2 Å². The Hall–Kier alpha value is -1.30. The number of carbonyl (C=O) groups is 1. The summed E-state index contributed by atoms with van der Waals surface area (Å²) in [5, 5.41) is -0.442. The van der Waals surface area contributed by atoms with Gasteiger partial charge in [0.15, 0.2) is 0 Å². The number of sulfonamides is 1. The van der Waals surface area contributed by atoms with Crippen molar-refractivity contribution >= 4 is 15.9 Å². The van der Waals surface area contributed by atoms with Crippen LogP contribution in [0.2, 0.25) is 0 Å². The molecule has 5 nitrogen and oxygen atoms in total. The Morgan fingerprint density at radius 1 is 1.37 bits per heavy atom. The van der Waals surface area contributed by atoms with Gasteiger partial charge in [-0.15, -0.1) is 0 Å². The van der Waals surface area contributed by atoms with Crippen LogP contribution in [0.3, 0.4) is 0 Å². The van der Waals surface area contributed by atoms with Crippen molar-refractivity contribution in [3.05, 3.63) is 23.7 Å². The third-order valence-electron chi connectivity index (χ3n) is 3.54. The Balaban J connectivity index is 2.09. The van der Waals surface area contributed by atoms with E-state index >= 15 is 0 Å². The van der Waals surface area contributed by atoms with Crippen molar-refractivity contribution in [3.8, 4) is 0 Å². The number of nitrogens with one attached hydrogen (secondary N) is 1. The minimum absolute atomic E-state index is 0.307. The fourth-order valence-corrected chi connectivity index (χ4v) is 3.95. The van der Waals surface area contributed by atoms with Crippen LogP contribution < -0.4 is 4.72 Å². The first kappa shape index (κ1) is 14.1. The topological polar surface area (TPSA) is 76.4 Å². The number of carbonyl (C=O) groups excluding carboxylic acids is 1. The number of hydrogen-bond donors (Lipinski definition) is 1. The van der Waals surface area contributed by atoms with Gasteiger partial charge in [0.25, 0.3) is 5.91 Å². The van der Waals surface area contributed by atoms with Crippen molar-refractivity contribution < 1.29 is 17.6 Å². The van der Waals surface area contributed by atoms with E-state index in [2.05, 4.69) is 4.72 Å². The molecule has 1 aliphatic carbocycles. The van der Waals surface area contributed by atoms with Crippen LogP contribution in [0.1, 0.15) is 55.1 Å². The molecular formula is C13H19NO4S. The Labute approximate surface area is 113 Å². The predicted octanol–water partition coefficient (Wildman–Crippen LogP) is 2.23. The van der Waals surface area contributed by atoms with E-state index in [-0.39, 0.29) is 0 Å². The maximum atomic E-state index is 12.1. The Kier molecular flexibility index (Phi) is 4.29. The first-order chi connectivity index (χ1) is 9.04. The Bertz CT molecular complexity index is 541. The van der Waals surface area contributed by atoms with Crippen LogP contribution in [-0.2, 0) is 16.4 Å². The highest BCUT2D eigenvalue weighted by Crippen LogP contribution is 2.23. The molecule has 0 aromatic carbocycles. The quantitative estimate of drug-likeness (QED) is 0.920. The summed E-state index contributed by atoms with van der Waals surface area (Å²) in [5.41, 5.74) is 0.307. The molecule has 6 heteroatoms. The van der Waals surface area contributed by atoms with Crippen LogP contribution in [0, 0.1) is 0 Å². The summed E-state index contributed by atoms with van der Waals surface area (Å²) in [6.45, 7) is 1.85. The zero-order valence-corrected chi connectivity index (χ0v) is 11.8. The lowest BCUT2D eigenvalue weighted by atomic mass is 10.0.